The van der Waals surface area contributed by atoms with Gasteiger partial charge in [-0.15, -0.1) is 0 Å². The van der Waals surface area contributed by atoms with Gasteiger partial charge in [-0.1, -0.05) is 24.3 Å². The molecule has 0 aliphatic rings. The molecular weight excluding hydrogens is 334 g/mol. The van der Waals surface area contributed by atoms with E-state index in [2.05, 4.69) is 10.3 Å². The molecule has 0 aliphatic heterocycles. The van der Waals surface area contributed by atoms with Gasteiger partial charge in [0.25, 0.3) is 5.56 Å². The zero-order valence-electron chi connectivity index (χ0n) is 14.5. The smallest absolute Gasteiger partial charge is 0.328 e. The van der Waals surface area contributed by atoms with Crippen molar-refractivity contribution in [1.29, 1.82) is 0 Å². The number of ether oxygens (including phenoxy) is 1. The summed E-state index contributed by atoms with van der Waals surface area (Å²) in [5.74, 6) is 0.423. The molecule has 1 heterocycles. The van der Waals surface area contributed by atoms with E-state index in [1.165, 1.54) is 6.92 Å². The third-order valence-corrected chi connectivity index (χ3v) is 4.15. The maximum absolute atomic E-state index is 12.7. The van der Waals surface area contributed by atoms with Gasteiger partial charge < -0.3 is 15.0 Å². The number of aromatic nitrogens is 2. The Balaban J connectivity index is 2.04. The van der Waals surface area contributed by atoms with Crippen LogP contribution in [0.5, 0.6) is 5.75 Å². The molecule has 0 aliphatic carbocycles. The second-order valence-corrected chi connectivity index (χ2v) is 5.92. The van der Waals surface area contributed by atoms with Crippen molar-refractivity contribution in [2.24, 2.45) is 0 Å². The second-order valence-electron chi connectivity index (χ2n) is 5.92. The van der Waals surface area contributed by atoms with Crippen LogP contribution in [0.3, 0.4) is 0 Å². The summed E-state index contributed by atoms with van der Waals surface area (Å²) in [6.45, 7) is 1.41. The van der Waals surface area contributed by atoms with E-state index >= 15 is 0 Å². The Hall–Kier alpha value is -3.35. The fourth-order valence-corrected chi connectivity index (χ4v) is 2.86. The lowest BCUT2D eigenvalue weighted by atomic mass is 10.1. The molecule has 1 aromatic heterocycles. The van der Waals surface area contributed by atoms with Crippen LogP contribution in [0.4, 0.5) is 0 Å². The first-order valence-corrected chi connectivity index (χ1v) is 8.12. The number of nitrogens with one attached hydrogen (secondary N) is 2. The summed E-state index contributed by atoms with van der Waals surface area (Å²) in [5, 5.41) is 3.21. The summed E-state index contributed by atoms with van der Waals surface area (Å²) in [4.78, 5) is 39.4. The minimum absolute atomic E-state index is 0.0188. The summed E-state index contributed by atoms with van der Waals surface area (Å²) in [6.07, 6.45) is 0. The molecule has 0 saturated heterocycles. The molecular formula is C19H19N3O4. The van der Waals surface area contributed by atoms with Crippen molar-refractivity contribution < 1.29 is 9.53 Å². The molecule has 0 bridgehead atoms. The Morgan fingerprint density at radius 1 is 1.15 bits per heavy atom. The number of hydrogen-bond donors (Lipinski definition) is 2. The highest BCUT2D eigenvalue weighted by Crippen LogP contribution is 2.19. The number of aromatic amines is 1. The molecule has 1 amide bonds. The van der Waals surface area contributed by atoms with Crippen molar-refractivity contribution in [3.05, 3.63) is 74.9 Å². The van der Waals surface area contributed by atoms with Gasteiger partial charge in [0.05, 0.1) is 30.6 Å². The van der Waals surface area contributed by atoms with Gasteiger partial charge in [0.15, 0.2) is 0 Å². The van der Waals surface area contributed by atoms with Gasteiger partial charge in [-0.25, -0.2) is 4.79 Å². The lowest BCUT2D eigenvalue weighted by Crippen LogP contribution is -2.40. The van der Waals surface area contributed by atoms with Crippen LogP contribution >= 0.6 is 0 Å². The second kappa shape index (κ2) is 7.26. The topological polar surface area (TPSA) is 93.2 Å². The number of nitrogens with zero attached hydrogens (tertiary/aromatic N) is 1. The average molecular weight is 353 g/mol. The molecule has 7 heteroatoms. The standard InChI is InChI=1S/C19H19N3O4/c1-12(23)20-17(13-7-9-14(26-2)10-8-13)11-22-18(24)15-5-3-4-6-16(15)21-19(22)25/h3-10,17H,11H2,1-2H3,(H,20,23)(H,21,25)/t17-/m0/s1. The molecule has 2 N–H and O–H groups in total. The van der Waals surface area contributed by atoms with Crippen molar-refractivity contribution in [2.45, 2.75) is 19.5 Å². The third kappa shape index (κ3) is 3.51. The molecule has 0 saturated carbocycles. The van der Waals surface area contributed by atoms with Crippen LogP contribution in [-0.4, -0.2) is 22.6 Å². The van der Waals surface area contributed by atoms with E-state index in [1.54, 1.807) is 55.6 Å². The highest BCUT2D eigenvalue weighted by Gasteiger charge is 2.17. The van der Waals surface area contributed by atoms with E-state index < -0.39 is 17.3 Å². The summed E-state index contributed by atoms with van der Waals surface area (Å²) >= 11 is 0. The minimum atomic E-state index is -0.529. The zero-order chi connectivity index (χ0) is 18.7. The van der Waals surface area contributed by atoms with Crippen LogP contribution in [0.25, 0.3) is 10.9 Å². The molecule has 0 radical (unpaired) electrons. The van der Waals surface area contributed by atoms with Crippen molar-refractivity contribution in [3.63, 3.8) is 0 Å². The molecule has 3 aromatic rings. The summed E-state index contributed by atoms with van der Waals surface area (Å²) in [6, 6.07) is 13.4. The fourth-order valence-electron chi connectivity index (χ4n) is 2.86. The van der Waals surface area contributed by atoms with Gasteiger partial charge in [-0.05, 0) is 29.8 Å². The molecule has 2 aromatic carbocycles. The first-order chi connectivity index (χ1) is 12.5. The van der Waals surface area contributed by atoms with Gasteiger partial charge in [0, 0.05) is 6.92 Å². The van der Waals surface area contributed by atoms with Crippen LogP contribution in [0.1, 0.15) is 18.5 Å². The Bertz CT molecular complexity index is 1050. The predicted molar refractivity (Wildman–Crippen MR) is 98.4 cm³/mol. The van der Waals surface area contributed by atoms with Crippen molar-refractivity contribution in [3.8, 4) is 5.75 Å². The van der Waals surface area contributed by atoms with Crippen LogP contribution in [-0.2, 0) is 11.3 Å². The van der Waals surface area contributed by atoms with Crippen molar-refractivity contribution in [1.82, 2.24) is 14.9 Å². The van der Waals surface area contributed by atoms with Gasteiger partial charge in [0.2, 0.25) is 5.91 Å². The normalized spacial score (nSPS) is 11.9. The van der Waals surface area contributed by atoms with Gasteiger partial charge >= 0.3 is 5.69 Å². The van der Waals surface area contributed by atoms with E-state index in [1.807, 2.05) is 0 Å². The zero-order valence-corrected chi connectivity index (χ0v) is 14.5. The molecule has 1 atom stereocenters. The Morgan fingerprint density at radius 3 is 2.50 bits per heavy atom. The lowest BCUT2D eigenvalue weighted by molar-refractivity contribution is -0.119. The van der Waals surface area contributed by atoms with E-state index in [-0.39, 0.29) is 12.5 Å². The number of rotatable bonds is 5. The number of para-hydroxylation sites is 1. The predicted octanol–water partition coefficient (Wildman–Crippen LogP) is 1.58. The molecule has 26 heavy (non-hydrogen) atoms. The molecule has 0 spiro atoms. The van der Waals surface area contributed by atoms with Crippen LogP contribution in [0, 0.1) is 0 Å². The maximum atomic E-state index is 12.7. The first kappa shape index (κ1) is 17.5. The average Bonchev–Trinajstić information content (AvgIpc) is 2.64. The van der Waals surface area contributed by atoms with Gasteiger partial charge in [-0.3, -0.25) is 14.2 Å². The Labute approximate surface area is 149 Å². The van der Waals surface area contributed by atoms with Crippen LogP contribution < -0.4 is 21.3 Å². The fraction of sp³-hybridized carbons (Fsp3) is 0.211. The van der Waals surface area contributed by atoms with Crippen molar-refractivity contribution in [2.75, 3.05) is 7.11 Å². The quantitative estimate of drug-likeness (QED) is 0.728. The molecule has 7 nitrogen and oxygen atoms in total. The van der Waals surface area contributed by atoms with Gasteiger partial charge in [0.1, 0.15) is 5.75 Å². The minimum Gasteiger partial charge on any atom is -0.497 e. The summed E-state index contributed by atoms with van der Waals surface area (Å²) in [5.41, 5.74) is 0.338. The third-order valence-electron chi connectivity index (χ3n) is 4.15. The molecule has 3 rings (SSSR count). The highest BCUT2D eigenvalue weighted by atomic mass is 16.5. The number of hydrogen-bond acceptors (Lipinski definition) is 4. The van der Waals surface area contributed by atoms with E-state index in [9.17, 15) is 14.4 Å². The number of carbonyl (C=O) groups excluding carboxylic acids is 1. The first-order valence-electron chi connectivity index (χ1n) is 8.12. The van der Waals surface area contributed by atoms with E-state index in [0.717, 1.165) is 10.1 Å². The summed E-state index contributed by atoms with van der Waals surface area (Å²) < 4.78 is 6.24. The maximum Gasteiger partial charge on any atom is 0.328 e. The Morgan fingerprint density at radius 2 is 1.85 bits per heavy atom. The summed E-state index contributed by atoms with van der Waals surface area (Å²) in [7, 11) is 1.56. The van der Waals surface area contributed by atoms with Crippen molar-refractivity contribution >= 4 is 16.8 Å². The monoisotopic (exact) mass is 353 g/mol. The lowest BCUT2D eigenvalue weighted by Gasteiger charge is -2.19. The van der Waals surface area contributed by atoms with Crippen LogP contribution in [0.2, 0.25) is 0 Å². The van der Waals surface area contributed by atoms with E-state index in [4.69, 9.17) is 4.74 Å². The van der Waals surface area contributed by atoms with Gasteiger partial charge in [-0.2, -0.15) is 0 Å². The molecule has 134 valence electrons. The number of benzene rings is 2. The highest BCUT2D eigenvalue weighted by molar-refractivity contribution is 5.77. The number of fused-ring (bicyclic) bond motifs is 1. The Kier molecular flexibility index (Phi) is 4.88. The molecule has 0 unspecified atom stereocenters. The number of methoxy groups -OCH3 is 1. The largest absolute Gasteiger partial charge is 0.497 e. The van der Waals surface area contributed by atoms with E-state index in [0.29, 0.717) is 16.7 Å². The number of H-pyrrole nitrogens is 1. The number of carbonyl (C=O) groups is 1. The SMILES string of the molecule is COc1ccc([C@H](Cn2c(=O)[nH]c3ccccc3c2=O)NC(C)=O)cc1. The number of amides is 1. The molecule has 0 fully saturated rings. The van der Waals surface area contributed by atoms with Crippen LogP contribution in [0.15, 0.2) is 58.1 Å².